The largest absolute Gasteiger partial charge is 0.379 e. The average Bonchev–Trinajstić information content (AvgIpc) is 2.70. The Morgan fingerprint density at radius 2 is 1.63 bits per heavy atom. The maximum Gasteiger partial charge on any atom is 0.191 e. The molecule has 0 amide bonds. The van der Waals surface area contributed by atoms with Crippen LogP contribution in [0, 0.1) is 0 Å². The van der Waals surface area contributed by atoms with Crippen LogP contribution in [0.4, 0.5) is 0 Å². The summed E-state index contributed by atoms with van der Waals surface area (Å²) in [5, 5.41) is 6.83. The zero-order valence-corrected chi connectivity index (χ0v) is 21.8. The highest BCUT2D eigenvalue weighted by Gasteiger charge is 2.13. The summed E-state index contributed by atoms with van der Waals surface area (Å²) in [4.78, 5) is 9.70. The number of aliphatic imine (C=N–C) groups is 1. The number of ether oxygens (including phenoxy) is 1. The first kappa shape index (κ1) is 27.1. The highest BCUT2D eigenvalue weighted by atomic mass is 127. The molecule has 172 valence electrons. The van der Waals surface area contributed by atoms with E-state index >= 15 is 0 Å². The molecule has 2 rings (SSSR count). The molecule has 0 aliphatic carbocycles. The van der Waals surface area contributed by atoms with Gasteiger partial charge < -0.3 is 15.4 Å². The molecule has 1 fully saturated rings. The highest BCUT2D eigenvalue weighted by molar-refractivity contribution is 14.0. The van der Waals surface area contributed by atoms with Crippen LogP contribution in [0.2, 0.25) is 0 Å². The number of hydrogen-bond acceptors (Lipinski definition) is 4. The van der Waals surface area contributed by atoms with Gasteiger partial charge >= 0.3 is 0 Å². The highest BCUT2D eigenvalue weighted by Crippen LogP contribution is 2.10. The van der Waals surface area contributed by atoms with E-state index < -0.39 is 0 Å². The van der Waals surface area contributed by atoms with Gasteiger partial charge in [-0.1, -0.05) is 24.3 Å². The van der Waals surface area contributed by atoms with Crippen LogP contribution in [-0.2, 0) is 17.8 Å². The summed E-state index contributed by atoms with van der Waals surface area (Å²) in [6.45, 7) is 19.3. The van der Waals surface area contributed by atoms with E-state index in [1.54, 1.807) is 0 Å². The van der Waals surface area contributed by atoms with Gasteiger partial charge in [-0.25, -0.2) is 4.99 Å². The summed E-state index contributed by atoms with van der Waals surface area (Å²) in [7, 11) is 0. The van der Waals surface area contributed by atoms with Gasteiger partial charge in [-0.3, -0.25) is 9.80 Å². The molecule has 0 aromatic heterocycles. The maximum atomic E-state index is 5.42. The second kappa shape index (κ2) is 15.0. The Labute approximate surface area is 200 Å². The van der Waals surface area contributed by atoms with Crippen molar-refractivity contribution in [2.24, 2.45) is 4.99 Å². The average molecular weight is 532 g/mol. The molecule has 0 atom stereocenters. The van der Waals surface area contributed by atoms with E-state index in [2.05, 4.69) is 79.3 Å². The molecule has 1 aliphatic heterocycles. The van der Waals surface area contributed by atoms with Gasteiger partial charge in [-0.2, -0.15) is 0 Å². The third-order valence-corrected chi connectivity index (χ3v) is 5.29. The predicted molar refractivity (Wildman–Crippen MR) is 138 cm³/mol. The maximum absolute atomic E-state index is 5.42. The summed E-state index contributed by atoms with van der Waals surface area (Å²) in [5.74, 6) is 0.886. The molecule has 0 spiro atoms. The molecule has 0 radical (unpaired) electrons. The summed E-state index contributed by atoms with van der Waals surface area (Å²) in [5.41, 5.74) is 2.59. The fraction of sp³-hybridized carbons (Fsp3) is 0.696. The number of nitrogens with zero attached hydrogens (tertiary/aromatic N) is 3. The molecule has 1 saturated heterocycles. The van der Waals surface area contributed by atoms with Crippen LogP contribution in [0.1, 0.15) is 45.7 Å². The van der Waals surface area contributed by atoms with Crippen LogP contribution in [0.15, 0.2) is 29.3 Å². The van der Waals surface area contributed by atoms with E-state index in [1.165, 1.54) is 11.1 Å². The van der Waals surface area contributed by atoms with Gasteiger partial charge in [0, 0.05) is 51.4 Å². The molecule has 2 N–H and O–H groups in total. The molecule has 0 saturated carbocycles. The van der Waals surface area contributed by atoms with Crippen molar-refractivity contribution < 1.29 is 4.74 Å². The molecular weight excluding hydrogens is 489 g/mol. The fourth-order valence-corrected chi connectivity index (χ4v) is 3.70. The van der Waals surface area contributed by atoms with Gasteiger partial charge in [0.2, 0.25) is 0 Å². The standard InChI is InChI=1S/C23H41N5O.HI/c1-6-24-23(25-11-12-28(19(2)3)20(4)5)26-17-21-7-9-22(10-8-21)18-27-13-15-29-16-14-27;/h7-10,19-20H,6,11-18H2,1-5H3,(H2,24,25,26);1H. The lowest BCUT2D eigenvalue weighted by Gasteiger charge is -2.30. The number of rotatable bonds is 10. The first-order valence-electron chi connectivity index (χ1n) is 11.2. The van der Waals surface area contributed by atoms with E-state index in [1.807, 2.05) is 0 Å². The van der Waals surface area contributed by atoms with E-state index in [4.69, 9.17) is 9.73 Å². The van der Waals surface area contributed by atoms with Gasteiger partial charge in [0.05, 0.1) is 19.8 Å². The normalized spacial score (nSPS) is 15.5. The quantitative estimate of drug-likeness (QED) is 0.276. The Balaban J connectivity index is 0.00000450. The van der Waals surface area contributed by atoms with Crippen molar-refractivity contribution in [2.45, 2.75) is 59.8 Å². The molecule has 1 aromatic rings. The van der Waals surface area contributed by atoms with Crippen LogP contribution < -0.4 is 10.6 Å². The summed E-state index contributed by atoms with van der Waals surface area (Å²) in [6, 6.07) is 9.94. The van der Waals surface area contributed by atoms with E-state index in [-0.39, 0.29) is 24.0 Å². The van der Waals surface area contributed by atoms with Crippen LogP contribution in [-0.4, -0.2) is 73.8 Å². The lowest BCUT2D eigenvalue weighted by molar-refractivity contribution is 0.0342. The van der Waals surface area contributed by atoms with Crippen molar-refractivity contribution in [3.63, 3.8) is 0 Å². The first-order valence-corrected chi connectivity index (χ1v) is 11.2. The topological polar surface area (TPSA) is 52.1 Å². The van der Waals surface area contributed by atoms with Crippen LogP contribution in [0.3, 0.4) is 0 Å². The first-order chi connectivity index (χ1) is 14.0. The minimum Gasteiger partial charge on any atom is -0.379 e. The fourth-order valence-electron chi connectivity index (χ4n) is 3.70. The number of nitrogens with one attached hydrogen (secondary N) is 2. The molecule has 6 nitrogen and oxygen atoms in total. The van der Waals surface area contributed by atoms with Crippen LogP contribution in [0.5, 0.6) is 0 Å². The van der Waals surface area contributed by atoms with Crippen LogP contribution >= 0.6 is 24.0 Å². The van der Waals surface area contributed by atoms with E-state index in [0.29, 0.717) is 18.6 Å². The zero-order valence-electron chi connectivity index (χ0n) is 19.5. The van der Waals surface area contributed by atoms with Crippen molar-refractivity contribution in [3.8, 4) is 0 Å². The molecule has 7 heteroatoms. The van der Waals surface area contributed by atoms with Crippen molar-refractivity contribution in [2.75, 3.05) is 45.9 Å². The van der Waals surface area contributed by atoms with Crippen molar-refractivity contribution in [1.29, 1.82) is 0 Å². The Morgan fingerprint density at radius 3 is 2.20 bits per heavy atom. The van der Waals surface area contributed by atoms with Gasteiger partial charge in [0.25, 0.3) is 0 Å². The van der Waals surface area contributed by atoms with Crippen molar-refractivity contribution in [1.82, 2.24) is 20.4 Å². The Bertz CT molecular complexity index is 592. The second-order valence-electron chi connectivity index (χ2n) is 8.25. The Morgan fingerprint density at radius 1 is 1.03 bits per heavy atom. The molecule has 0 unspecified atom stereocenters. The summed E-state index contributed by atoms with van der Waals surface area (Å²) < 4.78 is 5.42. The third kappa shape index (κ3) is 9.94. The number of morpholine rings is 1. The number of halogens is 1. The molecular formula is C23H42IN5O. The summed E-state index contributed by atoms with van der Waals surface area (Å²) in [6.07, 6.45) is 0. The monoisotopic (exact) mass is 531 g/mol. The molecule has 1 aliphatic rings. The van der Waals surface area contributed by atoms with E-state index in [9.17, 15) is 0 Å². The molecule has 0 bridgehead atoms. The second-order valence-corrected chi connectivity index (χ2v) is 8.25. The number of benzene rings is 1. The predicted octanol–water partition coefficient (Wildman–Crippen LogP) is 3.31. The molecule has 1 heterocycles. The summed E-state index contributed by atoms with van der Waals surface area (Å²) >= 11 is 0. The molecule has 1 aromatic carbocycles. The Kier molecular flexibility index (Phi) is 13.6. The third-order valence-electron chi connectivity index (χ3n) is 5.29. The minimum atomic E-state index is 0. The van der Waals surface area contributed by atoms with Gasteiger partial charge in [0.1, 0.15) is 0 Å². The molecule has 30 heavy (non-hydrogen) atoms. The zero-order chi connectivity index (χ0) is 21.1. The lowest BCUT2D eigenvalue weighted by atomic mass is 10.1. The Hall–Kier alpha value is -0.900. The SMILES string of the molecule is CCNC(=NCc1ccc(CN2CCOCC2)cc1)NCCN(C(C)C)C(C)C.I. The van der Waals surface area contributed by atoms with Gasteiger partial charge in [0.15, 0.2) is 5.96 Å². The van der Waals surface area contributed by atoms with Gasteiger partial charge in [-0.05, 0) is 45.7 Å². The smallest absolute Gasteiger partial charge is 0.191 e. The van der Waals surface area contributed by atoms with E-state index in [0.717, 1.165) is 58.4 Å². The minimum absolute atomic E-state index is 0. The number of guanidine groups is 1. The van der Waals surface area contributed by atoms with Gasteiger partial charge in [-0.15, -0.1) is 24.0 Å². The van der Waals surface area contributed by atoms with Crippen molar-refractivity contribution >= 4 is 29.9 Å². The van der Waals surface area contributed by atoms with Crippen molar-refractivity contribution in [3.05, 3.63) is 35.4 Å². The van der Waals surface area contributed by atoms with Crippen LogP contribution in [0.25, 0.3) is 0 Å². The lowest BCUT2D eigenvalue weighted by Crippen LogP contribution is -2.45. The number of hydrogen-bond donors (Lipinski definition) is 2.